The van der Waals surface area contributed by atoms with Gasteiger partial charge in [-0.1, -0.05) is 27.7 Å². The highest BCUT2D eigenvalue weighted by atomic mass is 16.5. The van der Waals surface area contributed by atoms with E-state index in [4.69, 9.17) is 4.74 Å². The molecule has 0 bridgehead atoms. The number of likely N-dealkylation sites (N-methyl/N-ethyl adjacent to an activating group) is 2. The molecule has 0 aliphatic rings. The zero-order chi connectivity index (χ0) is 14.5. The normalized spacial score (nSPS) is 12.0. The summed E-state index contributed by atoms with van der Waals surface area (Å²) in [7, 11) is 1.78. The van der Waals surface area contributed by atoms with Crippen molar-refractivity contribution in [2.24, 2.45) is 0 Å². The van der Waals surface area contributed by atoms with Crippen molar-refractivity contribution in [2.75, 3.05) is 72.6 Å². The Kier molecular flexibility index (Phi) is 12.7. The lowest BCUT2D eigenvalue weighted by atomic mass is 10.3. The standard InChI is InChI=1S/C15H35N3O/c1-6-16(7-2)10-12-18(14-15-19-5)13-11-17(8-3)9-4/h6-15H2,1-5H3. The lowest BCUT2D eigenvalue weighted by molar-refractivity contribution is 0.127. The minimum absolute atomic E-state index is 0.830. The van der Waals surface area contributed by atoms with E-state index < -0.39 is 0 Å². The molecule has 0 unspecified atom stereocenters. The van der Waals surface area contributed by atoms with Crippen LogP contribution in [0.25, 0.3) is 0 Å². The van der Waals surface area contributed by atoms with Crippen molar-refractivity contribution in [1.29, 1.82) is 0 Å². The molecule has 4 heteroatoms. The third-order valence-electron chi connectivity index (χ3n) is 3.87. The van der Waals surface area contributed by atoms with Gasteiger partial charge in [0.05, 0.1) is 6.61 Å². The van der Waals surface area contributed by atoms with Gasteiger partial charge in [0.2, 0.25) is 0 Å². The summed E-state index contributed by atoms with van der Waals surface area (Å²) in [4.78, 5) is 7.49. The average Bonchev–Trinajstić information content (AvgIpc) is 2.45. The molecule has 0 N–H and O–H groups in total. The van der Waals surface area contributed by atoms with E-state index in [1.54, 1.807) is 7.11 Å². The van der Waals surface area contributed by atoms with E-state index in [-0.39, 0.29) is 0 Å². The Hall–Kier alpha value is -0.160. The maximum atomic E-state index is 5.22. The van der Waals surface area contributed by atoms with Crippen LogP contribution in [0.3, 0.4) is 0 Å². The van der Waals surface area contributed by atoms with Crippen molar-refractivity contribution in [2.45, 2.75) is 27.7 Å². The zero-order valence-corrected chi connectivity index (χ0v) is 13.8. The Morgan fingerprint density at radius 3 is 1.26 bits per heavy atom. The van der Waals surface area contributed by atoms with Crippen LogP contribution >= 0.6 is 0 Å². The summed E-state index contributed by atoms with van der Waals surface area (Å²) in [5.74, 6) is 0. The molecule has 0 aliphatic heterocycles. The van der Waals surface area contributed by atoms with Gasteiger partial charge in [-0.15, -0.1) is 0 Å². The Bertz CT molecular complexity index is 166. The minimum atomic E-state index is 0.830. The molecule has 19 heavy (non-hydrogen) atoms. The molecule has 0 heterocycles. The van der Waals surface area contributed by atoms with Crippen molar-refractivity contribution < 1.29 is 4.74 Å². The fourth-order valence-electron chi connectivity index (χ4n) is 2.20. The molecule has 116 valence electrons. The molecule has 0 saturated heterocycles. The van der Waals surface area contributed by atoms with Crippen molar-refractivity contribution in [3.63, 3.8) is 0 Å². The Morgan fingerprint density at radius 2 is 0.947 bits per heavy atom. The first kappa shape index (κ1) is 18.8. The Balaban J connectivity index is 4.06. The summed E-state index contributed by atoms with van der Waals surface area (Å²) in [6, 6.07) is 0. The van der Waals surface area contributed by atoms with E-state index in [1.165, 1.54) is 0 Å². The highest BCUT2D eigenvalue weighted by Gasteiger charge is 2.08. The molecular weight excluding hydrogens is 238 g/mol. The summed E-state index contributed by atoms with van der Waals surface area (Å²) in [6.45, 7) is 20.0. The van der Waals surface area contributed by atoms with Gasteiger partial charge in [0.15, 0.2) is 0 Å². The van der Waals surface area contributed by atoms with Crippen LogP contribution in [0.2, 0.25) is 0 Å². The first-order valence-corrected chi connectivity index (χ1v) is 7.87. The third-order valence-corrected chi connectivity index (χ3v) is 3.87. The molecule has 0 aliphatic carbocycles. The number of hydrogen-bond acceptors (Lipinski definition) is 4. The fourth-order valence-corrected chi connectivity index (χ4v) is 2.20. The Morgan fingerprint density at radius 1 is 0.579 bits per heavy atom. The van der Waals surface area contributed by atoms with Gasteiger partial charge in [-0.25, -0.2) is 0 Å². The highest BCUT2D eigenvalue weighted by molar-refractivity contribution is 4.64. The molecule has 4 nitrogen and oxygen atoms in total. The van der Waals surface area contributed by atoms with Crippen LogP contribution < -0.4 is 0 Å². The maximum absolute atomic E-state index is 5.22. The van der Waals surface area contributed by atoms with E-state index in [0.29, 0.717) is 0 Å². The first-order valence-electron chi connectivity index (χ1n) is 7.87. The van der Waals surface area contributed by atoms with Gasteiger partial charge in [0.1, 0.15) is 0 Å². The topological polar surface area (TPSA) is 19.0 Å². The van der Waals surface area contributed by atoms with E-state index >= 15 is 0 Å². The van der Waals surface area contributed by atoms with Crippen LogP contribution in [-0.4, -0.2) is 87.3 Å². The zero-order valence-electron chi connectivity index (χ0n) is 13.8. The molecule has 0 aromatic rings. The second-order valence-corrected chi connectivity index (χ2v) is 4.89. The Labute approximate surface area is 120 Å². The SMILES string of the molecule is CCN(CC)CCN(CCOC)CCN(CC)CC. The minimum Gasteiger partial charge on any atom is -0.383 e. The second-order valence-electron chi connectivity index (χ2n) is 4.89. The average molecular weight is 273 g/mol. The van der Waals surface area contributed by atoms with Crippen molar-refractivity contribution in [3.05, 3.63) is 0 Å². The van der Waals surface area contributed by atoms with Crippen LogP contribution in [0.1, 0.15) is 27.7 Å². The predicted molar refractivity (Wildman–Crippen MR) is 83.9 cm³/mol. The maximum Gasteiger partial charge on any atom is 0.0589 e. The number of ether oxygens (including phenoxy) is 1. The van der Waals surface area contributed by atoms with E-state index in [0.717, 1.165) is 65.5 Å². The van der Waals surface area contributed by atoms with E-state index in [2.05, 4.69) is 42.4 Å². The van der Waals surface area contributed by atoms with Crippen LogP contribution in [0.4, 0.5) is 0 Å². The van der Waals surface area contributed by atoms with Crippen molar-refractivity contribution in [1.82, 2.24) is 14.7 Å². The largest absolute Gasteiger partial charge is 0.383 e. The molecule has 0 fully saturated rings. The van der Waals surface area contributed by atoms with Gasteiger partial charge < -0.3 is 14.5 Å². The van der Waals surface area contributed by atoms with Gasteiger partial charge in [0.25, 0.3) is 0 Å². The molecule has 0 saturated carbocycles. The van der Waals surface area contributed by atoms with Crippen molar-refractivity contribution in [3.8, 4) is 0 Å². The molecular formula is C15H35N3O. The van der Waals surface area contributed by atoms with Crippen LogP contribution in [0.5, 0.6) is 0 Å². The molecule has 0 rings (SSSR count). The van der Waals surface area contributed by atoms with E-state index in [9.17, 15) is 0 Å². The molecule has 0 aromatic heterocycles. The number of hydrogen-bond donors (Lipinski definition) is 0. The van der Waals surface area contributed by atoms with Crippen molar-refractivity contribution >= 4 is 0 Å². The summed E-state index contributed by atoms with van der Waals surface area (Å²) in [6.07, 6.45) is 0. The van der Waals surface area contributed by atoms with Gasteiger partial charge in [0, 0.05) is 39.8 Å². The van der Waals surface area contributed by atoms with Crippen LogP contribution in [-0.2, 0) is 4.74 Å². The van der Waals surface area contributed by atoms with E-state index in [1.807, 2.05) is 0 Å². The summed E-state index contributed by atoms with van der Waals surface area (Å²) in [5.41, 5.74) is 0. The predicted octanol–water partition coefficient (Wildman–Crippen LogP) is 1.62. The van der Waals surface area contributed by atoms with Gasteiger partial charge >= 0.3 is 0 Å². The van der Waals surface area contributed by atoms with Gasteiger partial charge in [-0.2, -0.15) is 0 Å². The molecule has 0 aromatic carbocycles. The molecule has 0 radical (unpaired) electrons. The summed E-state index contributed by atoms with van der Waals surface area (Å²) in [5, 5.41) is 0. The monoisotopic (exact) mass is 273 g/mol. The molecule has 0 spiro atoms. The summed E-state index contributed by atoms with van der Waals surface area (Å²) < 4.78 is 5.22. The lowest BCUT2D eigenvalue weighted by Gasteiger charge is -2.28. The van der Waals surface area contributed by atoms with Gasteiger partial charge in [-0.3, -0.25) is 4.90 Å². The number of nitrogens with zero attached hydrogens (tertiary/aromatic N) is 3. The third kappa shape index (κ3) is 9.38. The van der Waals surface area contributed by atoms with Gasteiger partial charge in [-0.05, 0) is 26.2 Å². The summed E-state index contributed by atoms with van der Waals surface area (Å²) >= 11 is 0. The molecule has 0 amide bonds. The quantitative estimate of drug-likeness (QED) is 0.507. The highest BCUT2D eigenvalue weighted by Crippen LogP contribution is 1.95. The molecule has 0 atom stereocenters. The van der Waals surface area contributed by atoms with Crippen LogP contribution in [0.15, 0.2) is 0 Å². The number of methoxy groups -OCH3 is 1. The smallest absolute Gasteiger partial charge is 0.0589 e. The number of rotatable bonds is 13. The first-order chi connectivity index (χ1) is 9.21. The second kappa shape index (κ2) is 12.9. The van der Waals surface area contributed by atoms with Crippen LogP contribution in [0, 0.1) is 0 Å². The fraction of sp³-hybridized carbons (Fsp3) is 1.00. The lowest BCUT2D eigenvalue weighted by Crippen LogP contribution is -2.41.